The highest BCUT2D eigenvalue weighted by atomic mass is 35.5. The molecule has 31 heavy (non-hydrogen) atoms. The van der Waals surface area contributed by atoms with Crippen molar-refractivity contribution in [2.75, 3.05) is 18.4 Å². The monoisotopic (exact) mass is 443 g/mol. The molecule has 2 aromatic heterocycles. The number of hydrogen-bond acceptors (Lipinski definition) is 6. The Morgan fingerprint density at radius 3 is 2.45 bits per heavy atom. The summed E-state index contributed by atoms with van der Waals surface area (Å²) in [5, 5.41) is 16.0. The van der Waals surface area contributed by atoms with Crippen LogP contribution >= 0.6 is 11.6 Å². The van der Waals surface area contributed by atoms with Crippen molar-refractivity contribution < 1.29 is 0 Å². The van der Waals surface area contributed by atoms with Gasteiger partial charge in [0, 0.05) is 36.4 Å². The van der Waals surface area contributed by atoms with Crippen molar-refractivity contribution in [3.8, 4) is 11.3 Å². The molecule has 3 fully saturated rings. The van der Waals surface area contributed by atoms with E-state index in [0.29, 0.717) is 29.1 Å². The molecule has 0 radical (unpaired) electrons. The maximum atomic E-state index is 6.52. The van der Waals surface area contributed by atoms with Crippen molar-refractivity contribution in [1.29, 1.82) is 0 Å². The van der Waals surface area contributed by atoms with E-state index in [1.807, 2.05) is 17.9 Å². The molecule has 5 rings (SSSR count). The van der Waals surface area contributed by atoms with E-state index in [2.05, 4.69) is 26.0 Å². The molecule has 0 aromatic carbocycles. The van der Waals surface area contributed by atoms with E-state index >= 15 is 0 Å². The number of halogens is 1. The summed E-state index contributed by atoms with van der Waals surface area (Å²) in [5.41, 5.74) is 3.06. The third-order valence-electron chi connectivity index (χ3n) is 7.11. The molecule has 2 aromatic rings. The first-order valence-electron chi connectivity index (χ1n) is 11.9. The van der Waals surface area contributed by atoms with Gasteiger partial charge in [-0.2, -0.15) is 5.10 Å². The first-order valence-corrected chi connectivity index (χ1v) is 12.3. The lowest BCUT2D eigenvalue weighted by Gasteiger charge is -2.34. The summed E-state index contributed by atoms with van der Waals surface area (Å²) in [4.78, 5) is 9.30. The van der Waals surface area contributed by atoms with E-state index in [1.54, 1.807) is 6.20 Å². The van der Waals surface area contributed by atoms with Gasteiger partial charge in [0.05, 0.1) is 23.1 Å². The van der Waals surface area contributed by atoms with Crippen molar-refractivity contribution in [2.45, 2.75) is 75.9 Å². The molecule has 168 valence electrons. The first-order chi connectivity index (χ1) is 15.2. The largest absolute Gasteiger partial charge is 0.351 e. The van der Waals surface area contributed by atoms with Crippen molar-refractivity contribution in [1.82, 2.24) is 30.4 Å². The van der Waals surface area contributed by atoms with Crippen LogP contribution in [0.1, 0.15) is 57.1 Å². The fraction of sp³-hybridized carbons (Fsp3) is 0.696. The normalized spacial score (nSPS) is 25.0. The zero-order valence-corrected chi connectivity index (χ0v) is 19.2. The number of aromatic nitrogens is 4. The maximum Gasteiger partial charge on any atom is 0.223 e. The third-order valence-corrected chi connectivity index (χ3v) is 7.39. The molecule has 0 amide bonds. The molecule has 2 saturated carbocycles. The molecular weight excluding hydrogens is 410 g/mol. The van der Waals surface area contributed by atoms with E-state index in [1.165, 1.54) is 44.2 Å². The number of piperidine rings is 1. The Hall–Kier alpha value is -1.70. The van der Waals surface area contributed by atoms with Gasteiger partial charge in [0.15, 0.2) is 0 Å². The summed E-state index contributed by atoms with van der Waals surface area (Å²) < 4.78 is 1.97. The molecule has 2 aliphatic carbocycles. The molecule has 3 aliphatic rings. The molecular formula is C23H34ClN7. The zero-order chi connectivity index (χ0) is 21.2. The molecule has 0 spiro atoms. The van der Waals surface area contributed by atoms with Gasteiger partial charge >= 0.3 is 0 Å². The van der Waals surface area contributed by atoms with Gasteiger partial charge in [0.25, 0.3) is 0 Å². The van der Waals surface area contributed by atoms with Crippen molar-refractivity contribution in [3.05, 3.63) is 23.1 Å². The minimum absolute atomic E-state index is 0.417. The average molecular weight is 444 g/mol. The number of hydrogen-bond donors (Lipinski definition) is 3. The summed E-state index contributed by atoms with van der Waals surface area (Å²) in [5.74, 6) is 1.46. The second kappa shape index (κ2) is 9.43. The van der Waals surface area contributed by atoms with Crippen LogP contribution < -0.4 is 16.0 Å². The zero-order valence-electron chi connectivity index (χ0n) is 18.4. The van der Waals surface area contributed by atoms with Gasteiger partial charge in [0.1, 0.15) is 0 Å². The van der Waals surface area contributed by atoms with Gasteiger partial charge in [0.2, 0.25) is 5.95 Å². The fourth-order valence-electron chi connectivity index (χ4n) is 5.03. The second-order valence-corrected chi connectivity index (χ2v) is 9.96. The quantitative estimate of drug-likeness (QED) is 0.607. The van der Waals surface area contributed by atoms with Crippen LogP contribution in [0.15, 0.2) is 12.4 Å². The summed E-state index contributed by atoms with van der Waals surface area (Å²) in [6, 6.07) is 1.74. The van der Waals surface area contributed by atoms with Crippen LogP contribution in [0.3, 0.4) is 0 Å². The highest BCUT2D eigenvalue weighted by molar-refractivity contribution is 6.32. The predicted molar refractivity (Wildman–Crippen MR) is 124 cm³/mol. The number of anilines is 1. The average Bonchev–Trinajstić information content (AvgIpc) is 3.54. The molecule has 0 bridgehead atoms. The van der Waals surface area contributed by atoms with Crippen LogP contribution in [0.25, 0.3) is 11.3 Å². The molecule has 1 saturated heterocycles. The molecule has 8 heteroatoms. The number of rotatable bonds is 7. The van der Waals surface area contributed by atoms with Crippen molar-refractivity contribution in [3.63, 3.8) is 0 Å². The van der Waals surface area contributed by atoms with Gasteiger partial charge in [-0.25, -0.2) is 9.97 Å². The summed E-state index contributed by atoms with van der Waals surface area (Å²) in [6.07, 6.45) is 14.5. The summed E-state index contributed by atoms with van der Waals surface area (Å²) >= 11 is 6.52. The Balaban J connectivity index is 1.21. The first kappa shape index (κ1) is 21.2. The highest BCUT2D eigenvalue weighted by Crippen LogP contribution is 2.37. The molecule has 3 N–H and O–H groups in total. The van der Waals surface area contributed by atoms with E-state index in [4.69, 9.17) is 16.6 Å². The number of nitrogens with one attached hydrogen (secondary N) is 3. The van der Waals surface area contributed by atoms with Gasteiger partial charge in [-0.3, -0.25) is 4.68 Å². The van der Waals surface area contributed by atoms with Gasteiger partial charge in [-0.1, -0.05) is 11.6 Å². The van der Waals surface area contributed by atoms with Crippen molar-refractivity contribution in [2.24, 2.45) is 13.0 Å². The topological polar surface area (TPSA) is 79.7 Å². The lowest BCUT2D eigenvalue weighted by Crippen LogP contribution is -2.46. The molecule has 0 unspecified atom stereocenters. The number of nitrogens with zero attached hydrogens (tertiary/aromatic N) is 4. The Morgan fingerprint density at radius 1 is 1.00 bits per heavy atom. The van der Waals surface area contributed by atoms with Gasteiger partial charge in [-0.15, -0.1) is 0 Å². The molecule has 7 nitrogen and oxygen atoms in total. The molecule has 0 atom stereocenters. The van der Waals surface area contributed by atoms with E-state index < -0.39 is 0 Å². The van der Waals surface area contributed by atoms with Crippen LogP contribution in [-0.2, 0) is 13.5 Å². The Labute approximate surface area is 189 Å². The molecule has 3 heterocycles. The maximum absolute atomic E-state index is 6.52. The van der Waals surface area contributed by atoms with Gasteiger partial charge in [-0.05, 0) is 76.8 Å². The standard InChI is InChI=1S/C23H34ClN7/c1-31-21(12-15-2-3-15)19(13-27-31)22-20(24)14-26-23(30-22)29-17-6-4-16(5-7-17)28-18-8-10-25-11-9-18/h13-18,25,28H,2-12H2,1H3,(H,26,29,30). The third kappa shape index (κ3) is 5.21. The van der Waals surface area contributed by atoms with Crippen LogP contribution in [-0.4, -0.2) is 51.0 Å². The lowest BCUT2D eigenvalue weighted by molar-refractivity contribution is 0.289. The van der Waals surface area contributed by atoms with E-state index in [0.717, 1.165) is 49.5 Å². The SMILES string of the molecule is Cn1ncc(-c2nc(NC3CCC(NC4CCNCC4)CC3)ncc2Cl)c1CC1CC1. The van der Waals surface area contributed by atoms with Crippen LogP contribution in [0, 0.1) is 5.92 Å². The number of aryl methyl sites for hydroxylation is 1. The Kier molecular flexibility index (Phi) is 6.44. The Morgan fingerprint density at radius 2 is 1.71 bits per heavy atom. The fourth-order valence-corrected chi connectivity index (χ4v) is 5.23. The van der Waals surface area contributed by atoms with Crippen LogP contribution in [0.4, 0.5) is 5.95 Å². The van der Waals surface area contributed by atoms with Crippen LogP contribution in [0.5, 0.6) is 0 Å². The highest BCUT2D eigenvalue weighted by Gasteiger charge is 2.27. The minimum atomic E-state index is 0.417. The van der Waals surface area contributed by atoms with Gasteiger partial charge < -0.3 is 16.0 Å². The second-order valence-electron chi connectivity index (χ2n) is 9.55. The summed E-state index contributed by atoms with van der Waals surface area (Å²) in [7, 11) is 2.01. The van der Waals surface area contributed by atoms with Crippen LogP contribution in [0.2, 0.25) is 5.02 Å². The summed E-state index contributed by atoms with van der Waals surface area (Å²) in [6.45, 7) is 2.29. The molecule has 1 aliphatic heterocycles. The van der Waals surface area contributed by atoms with Crippen molar-refractivity contribution >= 4 is 17.5 Å². The van der Waals surface area contributed by atoms with E-state index in [9.17, 15) is 0 Å². The Bertz CT molecular complexity index is 880. The minimum Gasteiger partial charge on any atom is -0.351 e. The predicted octanol–water partition coefficient (Wildman–Crippen LogP) is 3.55. The van der Waals surface area contributed by atoms with E-state index in [-0.39, 0.29) is 0 Å². The smallest absolute Gasteiger partial charge is 0.223 e. The lowest BCUT2D eigenvalue weighted by atomic mass is 9.90.